The monoisotopic (exact) mass is 674 g/mol. The fraction of sp³-hybridized carbons (Fsp3) is 0.121. The first-order valence-corrected chi connectivity index (χ1v) is 15.7. The first-order chi connectivity index (χ1) is 20.4. The van der Waals surface area contributed by atoms with E-state index in [1.807, 2.05) is 54.6 Å². The quantitative estimate of drug-likeness (QED) is 0.197. The maximum atomic E-state index is 14.0. The van der Waals surface area contributed by atoms with Crippen LogP contribution in [-0.2, 0) is 0 Å². The van der Waals surface area contributed by atoms with Gasteiger partial charge < -0.3 is 4.42 Å². The van der Waals surface area contributed by atoms with Gasteiger partial charge in [-0.3, -0.25) is 14.2 Å². The largest absolute Gasteiger partial charge is 0.463 e. The Kier molecular flexibility index (Phi) is 7.14. The van der Waals surface area contributed by atoms with Gasteiger partial charge in [-0.05, 0) is 96.2 Å². The second-order valence-corrected chi connectivity index (χ2v) is 13.0. The third-order valence-electron chi connectivity index (χ3n) is 7.58. The number of benzene rings is 3. The van der Waals surface area contributed by atoms with E-state index in [4.69, 9.17) is 32.6 Å². The maximum Gasteiger partial charge on any atom is 0.271 e. The summed E-state index contributed by atoms with van der Waals surface area (Å²) >= 11 is 17.1. The van der Waals surface area contributed by atoms with Crippen LogP contribution < -0.4 is 20.3 Å². The van der Waals surface area contributed by atoms with Gasteiger partial charge in [0.05, 0.1) is 27.2 Å². The van der Waals surface area contributed by atoms with Crippen LogP contribution in [0.2, 0.25) is 10.0 Å². The molecular formula is C33H21BrCl2N2O3S. The Labute approximate surface area is 262 Å². The summed E-state index contributed by atoms with van der Waals surface area (Å²) in [4.78, 5) is 33.0. The van der Waals surface area contributed by atoms with Crippen molar-refractivity contribution in [2.24, 2.45) is 4.99 Å². The fourth-order valence-electron chi connectivity index (χ4n) is 5.62. The van der Waals surface area contributed by atoms with Gasteiger partial charge >= 0.3 is 0 Å². The van der Waals surface area contributed by atoms with Gasteiger partial charge in [0.15, 0.2) is 10.2 Å². The average molecular weight is 676 g/mol. The zero-order valence-electron chi connectivity index (χ0n) is 21.9. The van der Waals surface area contributed by atoms with Gasteiger partial charge in [-0.25, -0.2) is 4.99 Å². The lowest BCUT2D eigenvalue weighted by molar-refractivity contribution is 0.553. The molecule has 1 atom stereocenters. The standard InChI is InChI=1S/C33H21BrCl2N2O3S/c34-22-8-13-27-26(16-22)31(39)21(17-41-27)15-28-32(40)38-30(19-6-11-24(36)12-7-19)25-3-1-2-20(29(25)37-33(38)42-28)14-18-4-9-23(35)10-5-18/h4-17,30H,1-3H2. The minimum atomic E-state index is -0.339. The second kappa shape index (κ2) is 11.0. The number of aromatic nitrogens is 1. The smallest absolute Gasteiger partial charge is 0.271 e. The van der Waals surface area contributed by atoms with Crippen LogP contribution in [-0.4, -0.2) is 4.57 Å². The zero-order chi connectivity index (χ0) is 29.0. The first-order valence-electron chi connectivity index (χ1n) is 13.3. The molecule has 1 unspecified atom stereocenters. The van der Waals surface area contributed by atoms with Gasteiger partial charge in [0.25, 0.3) is 5.56 Å². The number of nitrogens with zero attached hydrogens (tertiary/aromatic N) is 2. The molecule has 0 N–H and O–H groups in total. The summed E-state index contributed by atoms with van der Waals surface area (Å²) in [5, 5.41) is 1.75. The van der Waals surface area contributed by atoms with Gasteiger partial charge in [-0.2, -0.15) is 0 Å². The molecule has 3 heterocycles. The van der Waals surface area contributed by atoms with Crippen molar-refractivity contribution in [3.05, 3.63) is 151 Å². The van der Waals surface area contributed by atoms with Crippen molar-refractivity contribution >= 4 is 73.6 Å². The Morgan fingerprint density at radius 3 is 2.45 bits per heavy atom. The molecule has 1 aliphatic heterocycles. The van der Waals surface area contributed by atoms with Crippen molar-refractivity contribution in [1.82, 2.24) is 4.57 Å². The summed E-state index contributed by atoms with van der Waals surface area (Å²) in [6, 6.07) is 20.3. The summed E-state index contributed by atoms with van der Waals surface area (Å²) in [7, 11) is 0. The Morgan fingerprint density at radius 1 is 0.952 bits per heavy atom. The predicted octanol–water partition coefficient (Wildman–Crippen LogP) is 7.66. The highest BCUT2D eigenvalue weighted by Crippen LogP contribution is 2.41. The molecule has 2 aliphatic rings. The summed E-state index contributed by atoms with van der Waals surface area (Å²) in [5.74, 6) is 0. The Balaban J connectivity index is 1.44. The number of fused-ring (bicyclic) bond motifs is 2. The molecule has 0 fully saturated rings. The van der Waals surface area contributed by atoms with E-state index in [2.05, 4.69) is 22.0 Å². The normalized spacial score (nSPS) is 17.8. The van der Waals surface area contributed by atoms with Crippen LogP contribution in [0.5, 0.6) is 0 Å². The van der Waals surface area contributed by atoms with E-state index < -0.39 is 0 Å². The predicted molar refractivity (Wildman–Crippen MR) is 173 cm³/mol. The molecule has 0 saturated heterocycles. The van der Waals surface area contributed by atoms with E-state index in [-0.39, 0.29) is 17.0 Å². The van der Waals surface area contributed by atoms with Gasteiger partial charge in [0.1, 0.15) is 11.8 Å². The van der Waals surface area contributed by atoms with Crippen molar-refractivity contribution in [2.45, 2.75) is 25.3 Å². The minimum absolute atomic E-state index is 0.201. The van der Waals surface area contributed by atoms with Crippen molar-refractivity contribution in [1.29, 1.82) is 0 Å². The Bertz CT molecular complexity index is 2190. The fourth-order valence-corrected chi connectivity index (χ4v) is 7.23. The van der Waals surface area contributed by atoms with E-state index in [1.54, 1.807) is 22.8 Å². The highest BCUT2D eigenvalue weighted by atomic mass is 79.9. The topological polar surface area (TPSA) is 64.6 Å². The van der Waals surface area contributed by atoms with Gasteiger partial charge in [0, 0.05) is 14.5 Å². The second-order valence-electron chi connectivity index (χ2n) is 10.2. The number of halogens is 3. The maximum absolute atomic E-state index is 14.0. The highest BCUT2D eigenvalue weighted by Gasteiger charge is 2.32. The molecule has 0 amide bonds. The van der Waals surface area contributed by atoms with Crippen LogP contribution >= 0.6 is 50.5 Å². The first kappa shape index (κ1) is 27.3. The molecule has 9 heteroatoms. The van der Waals surface area contributed by atoms with E-state index >= 15 is 0 Å². The van der Waals surface area contributed by atoms with E-state index in [0.717, 1.165) is 51.7 Å². The average Bonchev–Trinajstić information content (AvgIpc) is 3.30. The van der Waals surface area contributed by atoms with E-state index in [1.165, 1.54) is 17.6 Å². The minimum Gasteiger partial charge on any atom is -0.463 e. The molecule has 42 heavy (non-hydrogen) atoms. The summed E-state index contributed by atoms with van der Waals surface area (Å²) < 4.78 is 8.67. The number of thiazole rings is 1. The third kappa shape index (κ3) is 4.94. The lowest BCUT2D eigenvalue weighted by Crippen LogP contribution is -2.39. The van der Waals surface area contributed by atoms with Crippen molar-refractivity contribution in [2.75, 3.05) is 0 Å². The van der Waals surface area contributed by atoms with E-state index in [9.17, 15) is 9.59 Å². The van der Waals surface area contributed by atoms with Crippen LogP contribution in [0, 0.1) is 0 Å². The van der Waals surface area contributed by atoms with Crippen LogP contribution in [0.3, 0.4) is 0 Å². The highest BCUT2D eigenvalue weighted by molar-refractivity contribution is 9.10. The molecule has 0 radical (unpaired) electrons. The number of hydrogen-bond acceptors (Lipinski definition) is 5. The molecule has 5 nitrogen and oxygen atoms in total. The van der Waals surface area contributed by atoms with Crippen molar-refractivity contribution in [3.63, 3.8) is 0 Å². The van der Waals surface area contributed by atoms with Crippen LogP contribution in [0.25, 0.3) is 23.1 Å². The molecule has 1 aliphatic carbocycles. The summed E-state index contributed by atoms with van der Waals surface area (Å²) in [5.41, 5.74) is 5.51. The lowest BCUT2D eigenvalue weighted by Gasteiger charge is -2.31. The summed E-state index contributed by atoms with van der Waals surface area (Å²) in [6.07, 6.45) is 7.81. The molecule has 0 saturated carbocycles. The van der Waals surface area contributed by atoms with Gasteiger partial charge in [-0.1, -0.05) is 74.7 Å². The molecule has 0 bridgehead atoms. The van der Waals surface area contributed by atoms with Gasteiger partial charge in [-0.15, -0.1) is 0 Å². The van der Waals surface area contributed by atoms with Crippen molar-refractivity contribution < 1.29 is 4.42 Å². The lowest BCUT2D eigenvalue weighted by atomic mass is 9.84. The summed E-state index contributed by atoms with van der Waals surface area (Å²) in [6.45, 7) is 0. The molecular weight excluding hydrogens is 655 g/mol. The van der Waals surface area contributed by atoms with Crippen molar-refractivity contribution in [3.8, 4) is 0 Å². The Morgan fingerprint density at radius 2 is 1.69 bits per heavy atom. The van der Waals surface area contributed by atoms with E-state index in [0.29, 0.717) is 35.9 Å². The number of rotatable bonds is 3. The van der Waals surface area contributed by atoms with Crippen LogP contribution in [0.1, 0.15) is 42.0 Å². The number of allylic oxidation sites excluding steroid dienone is 2. The Hall–Kier alpha value is -3.49. The van der Waals surface area contributed by atoms with Gasteiger partial charge in [0.2, 0.25) is 0 Å². The SMILES string of the molecule is O=c1c(C=c2sc3n(c2=O)C(c2ccc(Cl)cc2)C2=C(N=3)C(=Cc3ccc(Cl)cc3)CCC2)coc2ccc(Br)cc12. The van der Waals surface area contributed by atoms with Crippen LogP contribution in [0.4, 0.5) is 0 Å². The molecule has 5 aromatic rings. The molecule has 208 valence electrons. The third-order valence-corrected chi connectivity index (χ3v) is 9.56. The molecule has 0 spiro atoms. The molecule has 3 aromatic carbocycles. The zero-order valence-corrected chi connectivity index (χ0v) is 25.9. The van der Waals surface area contributed by atoms with Crippen LogP contribution in [0.15, 0.2) is 113 Å². The number of hydrogen-bond donors (Lipinski definition) is 0. The molecule has 2 aromatic heterocycles. The molecule has 7 rings (SSSR count).